The highest BCUT2D eigenvalue weighted by Gasteiger charge is 2.21. The van der Waals surface area contributed by atoms with E-state index in [4.69, 9.17) is 9.97 Å². The van der Waals surface area contributed by atoms with Crippen LogP contribution in [0.4, 0.5) is 0 Å². The zero-order chi connectivity index (χ0) is 27.6. The van der Waals surface area contributed by atoms with Crippen molar-refractivity contribution in [2.45, 2.75) is 26.2 Å². The zero-order valence-electron chi connectivity index (χ0n) is 23.1. The Bertz CT molecular complexity index is 2170. The van der Waals surface area contributed by atoms with Gasteiger partial charge in [0.05, 0.1) is 22.4 Å². The van der Waals surface area contributed by atoms with Crippen LogP contribution in [-0.4, -0.2) is 19.1 Å². The van der Waals surface area contributed by atoms with Crippen LogP contribution in [0.1, 0.15) is 22.5 Å². The number of para-hydroxylation sites is 6. The lowest BCUT2D eigenvalue weighted by atomic mass is 10.0. The lowest BCUT2D eigenvalue weighted by Gasteiger charge is -2.09. The fourth-order valence-electron chi connectivity index (χ4n) is 6.67. The Morgan fingerprint density at radius 3 is 1.55 bits per heavy atom. The van der Waals surface area contributed by atoms with Gasteiger partial charge in [0.1, 0.15) is 26.2 Å². The summed E-state index contributed by atoms with van der Waals surface area (Å²) in [6.07, 6.45) is 4.46. The molecule has 0 radical (unpaired) electrons. The molecule has 8 bridgehead atoms. The molecule has 0 fully saturated rings. The number of nitrogens with zero attached hydrogens (tertiary/aromatic N) is 6. The van der Waals surface area contributed by atoms with Crippen LogP contribution in [-0.2, 0) is 26.2 Å². The Morgan fingerprint density at radius 1 is 0.500 bits per heavy atom. The highest BCUT2D eigenvalue weighted by Crippen LogP contribution is 2.26. The first-order valence-electron chi connectivity index (χ1n) is 14.5. The third kappa shape index (κ3) is 3.72. The van der Waals surface area contributed by atoms with E-state index in [0.29, 0.717) is 13.1 Å². The van der Waals surface area contributed by atoms with Crippen LogP contribution in [0.25, 0.3) is 43.9 Å². The van der Waals surface area contributed by atoms with Gasteiger partial charge >= 0.3 is 0 Å². The number of rotatable bonds is 0. The maximum Gasteiger partial charge on any atom is 0.245 e. The molecule has 0 saturated heterocycles. The number of benzene rings is 4. The first kappa shape index (κ1) is 23.4. The second-order valence-corrected chi connectivity index (χ2v) is 11.3. The van der Waals surface area contributed by atoms with Gasteiger partial charge in [-0.1, -0.05) is 66.7 Å². The van der Waals surface area contributed by atoms with E-state index in [1.807, 2.05) is 0 Å². The normalized spacial score (nSPS) is 13.3. The molecule has 9 rings (SSSR count). The van der Waals surface area contributed by atoms with Gasteiger partial charge in [0.2, 0.25) is 12.7 Å². The molecule has 1 aliphatic heterocycles. The molecule has 0 N–H and O–H groups in total. The molecule has 4 aromatic heterocycles. The number of imidazole rings is 2. The molecule has 200 valence electrons. The summed E-state index contributed by atoms with van der Waals surface area (Å²) in [5, 5.41) is 2.34. The van der Waals surface area contributed by atoms with E-state index >= 15 is 0 Å². The summed E-state index contributed by atoms with van der Waals surface area (Å²) < 4.78 is 9.32. The van der Waals surface area contributed by atoms with Crippen LogP contribution < -0.4 is 9.13 Å². The van der Waals surface area contributed by atoms with Crippen LogP contribution in [0.15, 0.2) is 122 Å². The SMILES string of the molecule is c1cc2nc(c1)Cn1c[n+](c3ccccc31)Cc1cccc3cc4cccc(c4nc13)C[n+]1cn(c3ccccc31)C2. The second kappa shape index (κ2) is 9.08. The zero-order valence-corrected chi connectivity index (χ0v) is 23.1. The minimum atomic E-state index is 0.704. The number of pyridine rings is 2. The number of hydrogen-bond donors (Lipinski definition) is 0. The summed E-state index contributed by atoms with van der Waals surface area (Å²) in [4.78, 5) is 10.5. The van der Waals surface area contributed by atoms with Crippen molar-refractivity contribution < 1.29 is 9.13 Å². The summed E-state index contributed by atoms with van der Waals surface area (Å²) in [6, 6.07) is 39.1. The van der Waals surface area contributed by atoms with Crippen molar-refractivity contribution in [2.75, 3.05) is 0 Å². The van der Waals surface area contributed by atoms with Crippen molar-refractivity contribution >= 4 is 43.9 Å². The molecule has 0 atom stereocenters. The predicted molar refractivity (Wildman–Crippen MR) is 164 cm³/mol. The van der Waals surface area contributed by atoms with Gasteiger partial charge in [-0.3, -0.25) is 0 Å². The van der Waals surface area contributed by atoms with Crippen molar-refractivity contribution in [2.24, 2.45) is 0 Å². The highest BCUT2D eigenvalue weighted by atomic mass is 15.2. The summed E-state index contributed by atoms with van der Waals surface area (Å²) in [6.45, 7) is 2.88. The minimum Gasteiger partial charge on any atom is -0.250 e. The van der Waals surface area contributed by atoms with Gasteiger partial charge in [0.25, 0.3) is 0 Å². The standard InChI is InChI=1S/C36H28N6/c1-3-16-33-31(14-1)39-19-27-10-5-8-25-18-26-9-6-11-28(36(26)38-35(25)27)20-40-24-42(34-17-4-2-15-32(34)40)22-30-13-7-12-29(37-30)21-41(33)23-39/h1-18,23-24H,19-22H2/q+2. The van der Waals surface area contributed by atoms with Gasteiger partial charge in [-0.25, -0.2) is 28.2 Å². The smallest absolute Gasteiger partial charge is 0.245 e. The van der Waals surface area contributed by atoms with Crippen molar-refractivity contribution in [3.8, 4) is 0 Å². The van der Waals surface area contributed by atoms with Crippen LogP contribution in [0, 0.1) is 0 Å². The lowest BCUT2D eigenvalue weighted by Crippen LogP contribution is -2.33. The van der Waals surface area contributed by atoms with E-state index in [0.717, 1.165) is 35.5 Å². The van der Waals surface area contributed by atoms with Crippen molar-refractivity contribution in [1.82, 2.24) is 19.1 Å². The van der Waals surface area contributed by atoms with Crippen LogP contribution in [0.5, 0.6) is 0 Å². The second-order valence-electron chi connectivity index (χ2n) is 11.3. The van der Waals surface area contributed by atoms with Crippen molar-refractivity contribution in [3.05, 3.63) is 144 Å². The number of fused-ring (bicyclic) bond motifs is 12. The largest absolute Gasteiger partial charge is 0.250 e. The first-order valence-corrected chi connectivity index (χ1v) is 14.5. The third-order valence-corrected chi connectivity index (χ3v) is 8.61. The molecule has 42 heavy (non-hydrogen) atoms. The summed E-state index contributed by atoms with van der Waals surface area (Å²) in [5.41, 5.74) is 11.4. The van der Waals surface area contributed by atoms with Gasteiger partial charge in [0, 0.05) is 21.9 Å². The number of aromatic nitrogens is 6. The molecular formula is C36H28N6+2. The molecule has 6 nitrogen and oxygen atoms in total. The maximum atomic E-state index is 5.38. The van der Waals surface area contributed by atoms with E-state index in [2.05, 4.69) is 140 Å². The van der Waals surface area contributed by atoms with Crippen LogP contribution >= 0.6 is 0 Å². The molecule has 6 heteroatoms. The quantitative estimate of drug-likeness (QED) is 0.180. The molecule has 8 aromatic rings. The Hall–Kier alpha value is -5.36. The molecule has 0 aliphatic carbocycles. The Morgan fingerprint density at radius 2 is 1.00 bits per heavy atom. The molecule has 0 unspecified atom stereocenters. The van der Waals surface area contributed by atoms with Gasteiger partial charge in [0.15, 0.2) is 22.1 Å². The monoisotopic (exact) mass is 544 g/mol. The predicted octanol–water partition coefficient (Wildman–Crippen LogP) is 5.77. The molecule has 0 saturated carbocycles. The Balaban J connectivity index is 1.32. The minimum absolute atomic E-state index is 0.704. The summed E-state index contributed by atoms with van der Waals surface area (Å²) in [5.74, 6) is 0. The number of hydrogen-bond acceptors (Lipinski definition) is 2. The maximum absolute atomic E-state index is 5.38. The van der Waals surface area contributed by atoms with E-state index in [1.165, 1.54) is 44.0 Å². The Kier molecular flexibility index (Phi) is 5.05. The van der Waals surface area contributed by atoms with Crippen molar-refractivity contribution in [3.63, 3.8) is 0 Å². The van der Waals surface area contributed by atoms with E-state index < -0.39 is 0 Å². The van der Waals surface area contributed by atoms with Crippen molar-refractivity contribution in [1.29, 1.82) is 0 Å². The Labute approximate surface area is 242 Å². The van der Waals surface area contributed by atoms with Gasteiger partial charge in [-0.15, -0.1) is 0 Å². The molecule has 0 amide bonds. The van der Waals surface area contributed by atoms with Gasteiger partial charge in [-0.05, 0) is 42.5 Å². The molecular weight excluding hydrogens is 516 g/mol. The first-order chi connectivity index (χ1) is 20.8. The summed E-state index contributed by atoms with van der Waals surface area (Å²) >= 11 is 0. The fraction of sp³-hybridized carbons (Fsp3) is 0.111. The van der Waals surface area contributed by atoms with Gasteiger partial charge < -0.3 is 0 Å². The summed E-state index contributed by atoms with van der Waals surface area (Å²) in [7, 11) is 0. The van der Waals surface area contributed by atoms with Crippen LogP contribution in [0.2, 0.25) is 0 Å². The van der Waals surface area contributed by atoms with E-state index in [9.17, 15) is 0 Å². The molecule has 4 aromatic carbocycles. The average Bonchev–Trinajstić information content (AvgIpc) is 3.54. The third-order valence-electron chi connectivity index (χ3n) is 8.61. The van der Waals surface area contributed by atoms with Gasteiger partial charge in [-0.2, -0.15) is 0 Å². The fourth-order valence-corrected chi connectivity index (χ4v) is 6.67. The topological polar surface area (TPSA) is 43.4 Å². The highest BCUT2D eigenvalue weighted by molar-refractivity contribution is 5.95. The lowest BCUT2D eigenvalue weighted by molar-refractivity contribution is -0.663. The molecule has 5 heterocycles. The molecule has 1 aliphatic rings. The van der Waals surface area contributed by atoms with E-state index in [-0.39, 0.29) is 0 Å². The average molecular weight is 545 g/mol. The molecule has 0 spiro atoms. The van der Waals surface area contributed by atoms with E-state index in [1.54, 1.807) is 0 Å². The van der Waals surface area contributed by atoms with Crippen LogP contribution in [0.3, 0.4) is 0 Å².